The van der Waals surface area contributed by atoms with Crippen molar-refractivity contribution in [2.24, 2.45) is 0 Å². The fourth-order valence-electron chi connectivity index (χ4n) is 2.34. The van der Waals surface area contributed by atoms with Gasteiger partial charge in [0.2, 0.25) is 0 Å². The number of benzene rings is 1. The van der Waals surface area contributed by atoms with E-state index >= 15 is 0 Å². The van der Waals surface area contributed by atoms with E-state index < -0.39 is 5.97 Å². The quantitative estimate of drug-likeness (QED) is 0.836. The van der Waals surface area contributed by atoms with Crippen LogP contribution in [-0.4, -0.2) is 24.3 Å². The zero-order valence-corrected chi connectivity index (χ0v) is 11.9. The molecular formula is C16H20O4. The first-order valence-corrected chi connectivity index (χ1v) is 6.86. The zero-order chi connectivity index (χ0) is 14.5. The summed E-state index contributed by atoms with van der Waals surface area (Å²) in [6.45, 7) is 1.58. The summed E-state index contributed by atoms with van der Waals surface area (Å²) in [6, 6.07) is 5.46. The second kappa shape index (κ2) is 6.46. The largest absolute Gasteiger partial charge is 0.497 e. The lowest BCUT2D eigenvalue weighted by atomic mass is 10.1. The summed E-state index contributed by atoms with van der Waals surface area (Å²) in [5.74, 6) is 0.479. The lowest BCUT2D eigenvalue weighted by molar-refractivity contribution is -0.132. The molecule has 1 aromatic carbocycles. The Bertz CT molecular complexity index is 513. The van der Waals surface area contributed by atoms with E-state index in [-0.39, 0.29) is 11.7 Å². The third-order valence-corrected chi connectivity index (χ3v) is 3.53. The van der Waals surface area contributed by atoms with Crippen LogP contribution in [0.4, 0.5) is 0 Å². The van der Waals surface area contributed by atoms with E-state index in [0.29, 0.717) is 11.5 Å². The molecule has 2 rings (SSSR count). The normalized spacial score (nSPS) is 16.2. The Morgan fingerprint density at radius 1 is 1.35 bits per heavy atom. The summed E-state index contributed by atoms with van der Waals surface area (Å²) >= 11 is 0. The van der Waals surface area contributed by atoms with Crippen LogP contribution in [0.3, 0.4) is 0 Å². The molecule has 1 N–H and O–H groups in total. The average molecular weight is 276 g/mol. The summed E-state index contributed by atoms with van der Waals surface area (Å²) in [5, 5.41) is 8.99. The van der Waals surface area contributed by atoms with Crippen molar-refractivity contribution in [2.75, 3.05) is 7.11 Å². The van der Waals surface area contributed by atoms with Crippen LogP contribution >= 0.6 is 0 Å². The fraction of sp³-hybridized carbons (Fsp3) is 0.438. The van der Waals surface area contributed by atoms with Gasteiger partial charge in [0.1, 0.15) is 11.5 Å². The predicted molar refractivity (Wildman–Crippen MR) is 77.2 cm³/mol. The topological polar surface area (TPSA) is 55.8 Å². The highest BCUT2D eigenvalue weighted by molar-refractivity contribution is 5.91. The van der Waals surface area contributed by atoms with Gasteiger partial charge in [0.15, 0.2) is 0 Å². The minimum Gasteiger partial charge on any atom is -0.497 e. The molecule has 0 aliphatic heterocycles. The minimum absolute atomic E-state index is 0.222. The van der Waals surface area contributed by atoms with Crippen LogP contribution in [-0.2, 0) is 4.79 Å². The number of methoxy groups -OCH3 is 1. The molecule has 20 heavy (non-hydrogen) atoms. The van der Waals surface area contributed by atoms with Crippen LogP contribution in [0.2, 0.25) is 0 Å². The van der Waals surface area contributed by atoms with Crippen LogP contribution in [0, 0.1) is 0 Å². The van der Waals surface area contributed by atoms with Crippen molar-refractivity contribution >= 4 is 12.0 Å². The molecule has 1 fully saturated rings. The Labute approximate surface area is 119 Å². The Balaban J connectivity index is 2.29. The molecule has 0 aromatic heterocycles. The highest BCUT2D eigenvalue weighted by Crippen LogP contribution is 2.31. The highest BCUT2D eigenvalue weighted by Gasteiger charge is 2.18. The second-order valence-corrected chi connectivity index (χ2v) is 5.06. The third-order valence-electron chi connectivity index (χ3n) is 3.53. The molecule has 0 heterocycles. The molecule has 0 radical (unpaired) electrons. The SMILES string of the molecule is COc1ccc(/C=C(\C)C(=O)O)c(OC2CCCC2)c1. The number of carboxylic acid groups (broad SMARTS) is 1. The average Bonchev–Trinajstić information content (AvgIpc) is 2.93. The van der Waals surface area contributed by atoms with Gasteiger partial charge in [0.05, 0.1) is 13.2 Å². The van der Waals surface area contributed by atoms with Gasteiger partial charge in [-0.05, 0) is 50.8 Å². The summed E-state index contributed by atoms with van der Waals surface area (Å²) < 4.78 is 11.2. The van der Waals surface area contributed by atoms with E-state index in [1.165, 1.54) is 12.8 Å². The van der Waals surface area contributed by atoms with Crippen molar-refractivity contribution in [3.8, 4) is 11.5 Å². The number of hydrogen-bond donors (Lipinski definition) is 1. The molecule has 0 amide bonds. The molecule has 1 aliphatic carbocycles. The van der Waals surface area contributed by atoms with Gasteiger partial charge >= 0.3 is 5.97 Å². The van der Waals surface area contributed by atoms with E-state index in [4.69, 9.17) is 14.6 Å². The van der Waals surface area contributed by atoms with Gasteiger partial charge in [-0.25, -0.2) is 4.79 Å². The maximum atomic E-state index is 10.9. The molecule has 4 heteroatoms. The van der Waals surface area contributed by atoms with Gasteiger partial charge in [0.25, 0.3) is 0 Å². The van der Waals surface area contributed by atoms with Crippen molar-refractivity contribution in [2.45, 2.75) is 38.7 Å². The van der Waals surface area contributed by atoms with Crippen LogP contribution in [0.5, 0.6) is 11.5 Å². The van der Waals surface area contributed by atoms with Crippen LogP contribution in [0.1, 0.15) is 38.2 Å². The maximum Gasteiger partial charge on any atom is 0.331 e. The smallest absolute Gasteiger partial charge is 0.331 e. The van der Waals surface area contributed by atoms with Crippen LogP contribution in [0.15, 0.2) is 23.8 Å². The van der Waals surface area contributed by atoms with Crippen molar-refractivity contribution in [3.63, 3.8) is 0 Å². The Morgan fingerprint density at radius 2 is 2.05 bits per heavy atom. The van der Waals surface area contributed by atoms with E-state index in [1.807, 2.05) is 18.2 Å². The van der Waals surface area contributed by atoms with E-state index in [0.717, 1.165) is 18.4 Å². The number of ether oxygens (including phenoxy) is 2. The molecule has 1 aliphatic rings. The molecule has 0 bridgehead atoms. The van der Waals surface area contributed by atoms with E-state index in [1.54, 1.807) is 20.1 Å². The molecule has 0 unspecified atom stereocenters. The number of aliphatic carboxylic acids is 1. The first kappa shape index (κ1) is 14.4. The Morgan fingerprint density at radius 3 is 2.65 bits per heavy atom. The first-order chi connectivity index (χ1) is 9.60. The first-order valence-electron chi connectivity index (χ1n) is 6.86. The maximum absolute atomic E-state index is 10.9. The Kier molecular flexibility index (Phi) is 4.66. The van der Waals surface area contributed by atoms with Crippen molar-refractivity contribution < 1.29 is 19.4 Å². The number of carbonyl (C=O) groups is 1. The molecule has 0 spiro atoms. The van der Waals surface area contributed by atoms with Crippen LogP contribution in [0.25, 0.3) is 6.08 Å². The standard InChI is InChI=1S/C16H20O4/c1-11(16(17)18)9-12-7-8-14(19-2)10-15(12)20-13-5-3-4-6-13/h7-10,13H,3-6H2,1-2H3,(H,17,18)/b11-9+. The molecule has 0 atom stereocenters. The van der Waals surface area contributed by atoms with Gasteiger partial charge in [-0.2, -0.15) is 0 Å². The minimum atomic E-state index is -0.923. The van der Waals surface area contributed by atoms with Gasteiger partial charge in [-0.3, -0.25) is 0 Å². The molecule has 108 valence electrons. The summed E-state index contributed by atoms with van der Waals surface area (Å²) in [7, 11) is 1.60. The summed E-state index contributed by atoms with van der Waals surface area (Å²) in [6.07, 6.45) is 6.34. The van der Waals surface area contributed by atoms with Gasteiger partial charge in [0, 0.05) is 17.2 Å². The summed E-state index contributed by atoms with van der Waals surface area (Å²) in [5.41, 5.74) is 1.06. The molecule has 1 saturated carbocycles. The number of hydrogen-bond acceptors (Lipinski definition) is 3. The summed E-state index contributed by atoms with van der Waals surface area (Å²) in [4.78, 5) is 10.9. The highest BCUT2D eigenvalue weighted by atomic mass is 16.5. The predicted octanol–water partition coefficient (Wildman–Crippen LogP) is 3.50. The molecular weight excluding hydrogens is 256 g/mol. The van der Waals surface area contributed by atoms with Crippen LogP contribution < -0.4 is 9.47 Å². The lowest BCUT2D eigenvalue weighted by Gasteiger charge is -2.16. The van der Waals surface area contributed by atoms with E-state index in [9.17, 15) is 4.79 Å². The molecule has 0 saturated heterocycles. The third kappa shape index (κ3) is 3.53. The van der Waals surface area contributed by atoms with Gasteiger partial charge in [-0.15, -0.1) is 0 Å². The fourth-order valence-corrected chi connectivity index (χ4v) is 2.34. The Hall–Kier alpha value is -1.97. The van der Waals surface area contributed by atoms with E-state index in [2.05, 4.69) is 0 Å². The van der Waals surface area contributed by atoms with Gasteiger partial charge < -0.3 is 14.6 Å². The number of rotatable bonds is 5. The second-order valence-electron chi connectivity index (χ2n) is 5.06. The zero-order valence-electron chi connectivity index (χ0n) is 11.9. The number of carboxylic acids is 1. The molecule has 1 aromatic rings. The van der Waals surface area contributed by atoms with Crippen molar-refractivity contribution in [1.82, 2.24) is 0 Å². The molecule has 4 nitrogen and oxygen atoms in total. The lowest BCUT2D eigenvalue weighted by Crippen LogP contribution is -2.11. The van der Waals surface area contributed by atoms with Crippen molar-refractivity contribution in [3.05, 3.63) is 29.3 Å². The van der Waals surface area contributed by atoms with Gasteiger partial charge in [-0.1, -0.05) is 0 Å². The van der Waals surface area contributed by atoms with Crippen molar-refractivity contribution in [1.29, 1.82) is 0 Å². The monoisotopic (exact) mass is 276 g/mol.